The van der Waals surface area contributed by atoms with Crippen molar-refractivity contribution in [3.63, 3.8) is 0 Å². The van der Waals surface area contributed by atoms with E-state index in [4.69, 9.17) is 4.74 Å². The number of carboxylic acid groups (broad SMARTS) is 1. The molecule has 1 N–H and O–H groups in total. The fourth-order valence-electron chi connectivity index (χ4n) is 4.99. The number of rotatable bonds is 8. The van der Waals surface area contributed by atoms with E-state index < -0.39 is 21.2 Å². The van der Waals surface area contributed by atoms with Crippen molar-refractivity contribution in [2.75, 3.05) is 13.1 Å². The standard InChI is InChI=1S/C26H29N3O5S2/c1-17(2)34-20-4-6-21(7-5-20)36(32,33)29-11-9-19(14-29)23-15-28(16-25(30)31)24-13-18(3-8-22(23)24)26-27-10-12-35-26/h3-6,8,10,12-13,15,17,19,21H,7,9,11,14,16H2,1-2H3,(H,30,31)/t19-,21?/m1/s1. The number of aliphatic carboxylic acids is 1. The lowest BCUT2D eigenvalue weighted by atomic mass is 9.97. The second-order valence-corrected chi connectivity index (χ2v) is 12.5. The van der Waals surface area contributed by atoms with Gasteiger partial charge in [0.2, 0.25) is 10.0 Å². The number of allylic oxidation sites excluding steroid dienone is 2. The number of fused-ring (bicyclic) bond motifs is 1. The van der Waals surface area contributed by atoms with Gasteiger partial charge in [0.25, 0.3) is 0 Å². The molecule has 5 rings (SSSR count). The van der Waals surface area contributed by atoms with Crippen LogP contribution in [0.5, 0.6) is 0 Å². The molecule has 36 heavy (non-hydrogen) atoms. The zero-order valence-electron chi connectivity index (χ0n) is 20.2. The quantitative estimate of drug-likeness (QED) is 0.459. The first kappa shape index (κ1) is 24.7. The van der Waals surface area contributed by atoms with Crippen LogP contribution in [0.3, 0.4) is 0 Å². The lowest BCUT2D eigenvalue weighted by Crippen LogP contribution is -2.36. The predicted molar refractivity (Wildman–Crippen MR) is 140 cm³/mol. The van der Waals surface area contributed by atoms with E-state index in [0.717, 1.165) is 27.0 Å². The molecule has 0 saturated carbocycles. The molecule has 1 aliphatic carbocycles. The second-order valence-electron chi connectivity index (χ2n) is 9.47. The van der Waals surface area contributed by atoms with Gasteiger partial charge in [0.1, 0.15) is 17.3 Å². The molecule has 190 valence electrons. The van der Waals surface area contributed by atoms with E-state index in [-0.39, 0.29) is 18.6 Å². The van der Waals surface area contributed by atoms with Gasteiger partial charge in [-0.1, -0.05) is 18.2 Å². The van der Waals surface area contributed by atoms with Crippen LogP contribution < -0.4 is 0 Å². The Morgan fingerprint density at radius 2 is 2.17 bits per heavy atom. The molecular weight excluding hydrogens is 498 g/mol. The largest absolute Gasteiger partial charge is 0.491 e. The minimum absolute atomic E-state index is 0.00835. The average Bonchev–Trinajstić information content (AvgIpc) is 3.59. The van der Waals surface area contributed by atoms with Crippen molar-refractivity contribution in [2.24, 2.45) is 0 Å². The van der Waals surface area contributed by atoms with Gasteiger partial charge in [0.15, 0.2) is 0 Å². The van der Waals surface area contributed by atoms with Crippen molar-refractivity contribution < 1.29 is 23.1 Å². The van der Waals surface area contributed by atoms with Crippen LogP contribution in [0.4, 0.5) is 0 Å². The summed E-state index contributed by atoms with van der Waals surface area (Å²) in [6.45, 7) is 4.54. The molecule has 0 spiro atoms. The molecule has 2 aliphatic rings. The maximum atomic E-state index is 13.4. The van der Waals surface area contributed by atoms with Crippen LogP contribution in [0.2, 0.25) is 0 Å². The Morgan fingerprint density at radius 3 is 2.83 bits per heavy atom. The summed E-state index contributed by atoms with van der Waals surface area (Å²) in [5.41, 5.74) is 2.74. The van der Waals surface area contributed by atoms with E-state index in [1.165, 1.54) is 11.3 Å². The van der Waals surface area contributed by atoms with Crippen molar-refractivity contribution in [1.29, 1.82) is 0 Å². The highest BCUT2D eigenvalue weighted by Gasteiger charge is 2.37. The minimum atomic E-state index is -3.52. The molecule has 3 aromatic rings. The first-order valence-corrected chi connectivity index (χ1v) is 14.4. The molecule has 8 nitrogen and oxygen atoms in total. The molecule has 1 saturated heterocycles. The number of sulfonamides is 1. The molecule has 0 bridgehead atoms. The summed E-state index contributed by atoms with van der Waals surface area (Å²) in [5, 5.41) is 12.6. The summed E-state index contributed by atoms with van der Waals surface area (Å²) in [6, 6.07) is 5.97. The van der Waals surface area contributed by atoms with Gasteiger partial charge in [-0.2, -0.15) is 0 Å². The zero-order valence-corrected chi connectivity index (χ0v) is 21.8. The van der Waals surface area contributed by atoms with E-state index in [2.05, 4.69) is 4.98 Å². The number of aromatic nitrogens is 2. The van der Waals surface area contributed by atoms with Gasteiger partial charge in [-0.25, -0.2) is 17.7 Å². The van der Waals surface area contributed by atoms with E-state index in [1.807, 2.05) is 49.7 Å². The number of hydrogen-bond donors (Lipinski definition) is 1. The van der Waals surface area contributed by atoms with E-state index in [1.54, 1.807) is 27.2 Å². The average molecular weight is 528 g/mol. The van der Waals surface area contributed by atoms with E-state index >= 15 is 0 Å². The summed E-state index contributed by atoms with van der Waals surface area (Å²) in [6.07, 6.45) is 10.0. The van der Waals surface area contributed by atoms with E-state index in [9.17, 15) is 18.3 Å². The molecule has 1 aromatic carbocycles. The Balaban J connectivity index is 1.39. The van der Waals surface area contributed by atoms with Gasteiger partial charge in [-0.15, -0.1) is 11.3 Å². The molecule has 1 unspecified atom stereocenters. The van der Waals surface area contributed by atoms with Gasteiger partial charge in [0, 0.05) is 53.2 Å². The number of hydrogen-bond acceptors (Lipinski definition) is 6. The van der Waals surface area contributed by atoms with Crippen molar-refractivity contribution in [3.05, 3.63) is 65.5 Å². The third-order valence-corrected chi connectivity index (χ3v) is 9.62. The first-order valence-electron chi connectivity index (χ1n) is 12.0. The number of carbonyl (C=O) groups is 1. The Morgan fingerprint density at radius 1 is 1.33 bits per heavy atom. The van der Waals surface area contributed by atoms with Gasteiger partial charge in [-0.3, -0.25) is 4.79 Å². The second kappa shape index (κ2) is 9.84. The highest BCUT2D eigenvalue weighted by atomic mass is 32.2. The van der Waals surface area contributed by atoms with Crippen molar-refractivity contribution in [3.8, 4) is 10.6 Å². The van der Waals surface area contributed by atoms with Crippen LogP contribution in [0.25, 0.3) is 21.5 Å². The molecule has 2 aromatic heterocycles. The Bertz CT molecular complexity index is 1440. The molecule has 3 heterocycles. The smallest absolute Gasteiger partial charge is 0.323 e. The summed E-state index contributed by atoms with van der Waals surface area (Å²) in [5.74, 6) is -0.225. The Hall–Kier alpha value is -2.95. The molecule has 2 atom stereocenters. The van der Waals surface area contributed by atoms with E-state index in [0.29, 0.717) is 31.7 Å². The number of nitrogens with zero attached hydrogens (tertiary/aromatic N) is 3. The van der Waals surface area contributed by atoms with Crippen LogP contribution in [0, 0.1) is 0 Å². The lowest BCUT2D eigenvalue weighted by Gasteiger charge is -2.24. The van der Waals surface area contributed by atoms with Crippen LogP contribution in [-0.2, 0) is 26.1 Å². The number of benzene rings is 1. The zero-order chi connectivity index (χ0) is 25.4. The van der Waals surface area contributed by atoms with Crippen LogP contribution in [0.1, 0.15) is 38.2 Å². The SMILES string of the molecule is CC(C)OC1=CCC(S(=O)(=O)N2CC[C@@H](c3cn(CC(=O)O)c4cc(-c5nccs5)ccc34)C2)C=C1. The van der Waals surface area contributed by atoms with Crippen LogP contribution >= 0.6 is 11.3 Å². The molecular formula is C26H29N3O5S2. The van der Waals surface area contributed by atoms with Gasteiger partial charge < -0.3 is 14.4 Å². The summed E-state index contributed by atoms with van der Waals surface area (Å²) in [4.78, 5) is 15.9. The molecule has 1 aliphatic heterocycles. The topological polar surface area (TPSA) is 102 Å². The van der Waals surface area contributed by atoms with Gasteiger partial charge >= 0.3 is 5.97 Å². The number of ether oxygens (including phenoxy) is 1. The maximum Gasteiger partial charge on any atom is 0.323 e. The number of carboxylic acids is 1. The lowest BCUT2D eigenvalue weighted by molar-refractivity contribution is -0.137. The summed E-state index contributed by atoms with van der Waals surface area (Å²) < 4.78 is 35.8. The first-order chi connectivity index (χ1) is 17.2. The van der Waals surface area contributed by atoms with Crippen molar-refractivity contribution in [1.82, 2.24) is 13.9 Å². The fourth-order valence-corrected chi connectivity index (χ4v) is 7.37. The summed E-state index contributed by atoms with van der Waals surface area (Å²) >= 11 is 1.53. The van der Waals surface area contributed by atoms with Crippen molar-refractivity contribution >= 4 is 38.2 Å². The normalized spacial score (nSPS) is 20.8. The third kappa shape index (κ3) is 4.85. The monoisotopic (exact) mass is 527 g/mol. The Labute approximate surface area is 214 Å². The van der Waals surface area contributed by atoms with Gasteiger partial charge in [-0.05, 0) is 50.5 Å². The highest BCUT2D eigenvalue weighted by Crippen LogP contribution is 2.38. The van der Waals surface area contributed by atoms with Crippen LogP contribution in [0.15, 0.2) is 60.0 Å². The third-order valence-electron chi connectivity index (χ3n) is 6.63. The predicted octanol–water partition coefficient (Wildman–Crippen LogP) is 4.61. The molecule has 0 radical (unpaired) electrons. The number of thiazole rings is 1. The summed E-state index contributed by atoms with van der Waals surface area (Å²) in [7, 11) is -3.52. The fraction of sp³-hybridized carbons (Fsp3) is 0.385. The molecule has 10 heteroatoms. The molecule has 0 amide bonds. The van der Waals surface area contributed by atoms with Crippen molar-refractivity contribution in [2.45, 2.75) is 50.5 Å². The molecule has 1 fully saturated rings. The van der Waals surface area contributed by atoms with Crippen LogP contribution in [-0.4, -0.2) is 57.8 Å². The Kier molecular flexibility index (Phi) is 6.76. The minimum Gasteiger partial charge on any atom is -0.491 e. The highest BCUT2D eigenvalue weighted by molar-refractivity contribution is 7.89. The maximum absolute atomic E-state index is 13.4. The van der Waals surface area contributed by atoms with Gasteiger partial charge in [0.05, 0.1) is 11.4 Å².